The Morgan fingerprint density at radius 3 is 1.91 bits per heavy atom. The molecule has 1 rings (SSSR count). The number of benzene rings is 1. The van der Waals surface area contributed by atoms with Gasteiger partial charge in [0.15, 0.2) is 0 Å². The molecule has 4 unspecified atom stereocenters. The van der Waals surface area contributed by atoms with Crippen molar-refractivity contribution >= 4 is 29.6 Å². The molecule has 0 aliphatic carbocycles. The molecule has 4 amide bonds. The predicted octanol–water partition coefficient (Wildman–Crippen LogP) is -0.963. The average Bonchev–Trinajstić information content (AvgIpc) is 2.73. The molecule has 4 atom stereocenters. The molecule has 0 aliphatic rings. The molecule has 11 heteroatoms. The van der Waals surface area contributed by atoms with Crippen LogP contribution in [0, 0.1) is 5.92 Å². The first-order valence-electron chi connectivity index (χ1n) is 10.6. The average molecular weight is 464 g/mol. The van der Waals surface area contributed by atoms with E-state index in [-0.39, 0.29) is 19.3 Å². The number of hydrogen-bond acceptors (Lipinski definition) is 6. The van der Waals surface area contributed by atoms with E-state index in [0.29, 0.717) is 0 Å². The van der Waals surface area contributed by atoms with Crippen molar-refractivity contribution in [2.45, 2.75) is 64.2 Å². The lowest BCUT2D eigenvalue weighted by molar-refractivity contribution is -0.143. The number of primary amides is 1. The van der Waals surface area contributed by atoms with E-state index in [2.05, 4.69) is 16.0 Å². The quantitative estimate of drug-likeness (QED) is 0.217. The fourth-order valence-electron chi connectivity index (χ4n) is 2.96. The van der Waals surface area contributed by atoms with Crippen LogP contribution in [0.2, 0.25) is 0 Å². The Morgan fingerprint density at radius 1 is 0.879 bits per heavy atom. The third kappa shape index (κ3) is 9.69. The Kier molecular flexibility index (Phi) is 11.0. The molecule has 33 heavy (non-hydrogen) atoms. The molecular formula is C22H33N5O6. The summed E-state index contributed by atoms with van der Waals surface area (Å²) in [6.07, 6.45) is -0.233. The highest BCUT2D eigenvalue weighted by Crippen LogP contribution is 2.07. The third-order valence-corrected chi connectivity index (χ3v) is 4.87. The third-order valence-electron chi connectivity index (χ3n) is 4.87. The molecule has 0 fully saturated rings. The van der Waals surface area contributed by atoms with Gasteiger partial charge in [-0.05, 0) is 24.8 Å². The van der Waals surface area contributed by atoms with Gasteiger partial charge < -0.3 is 32.5 Å². The van der Waals surface area contributed by atoms with Crippen LogP contribution in [-0.2, 0) is 30.4 Å². The molecule has 0 bridgehead atoms. The summed E-state index contributed by atoms with van der Waals surface area (Å²) >= 11 is 0. The molecular weight excluding hydrogens is 430 g/mol. The van der Waals surface area contributed by atoms with Gasteiger partial charge in [0.05, 0.1) is 6.04 Å². The standard InChI is InChI=1S/C22H33N5O6/c1-12(2)18(22(32)33)27-20(30)15(9-10-17(24)28)25-21(31)16(26-19(29)13(3)23)11-14-7-5-4-6-8-14/h4-8,12-13,15-16,18H,9-11,23H2,1-3H3,(H2,24,28)(H,25,31)(H,26,29)(H,27,30)(H,32,33). The highest BCUT2D eigenvalue weighted by molar-refractivity contribution is 5.94. The van der Waals surface area contributed by atoms with Gasteiger partial charge in [0, 0.05) is 12.8 Å². The lowest BCUT2D eigenvalue weighted by atomic mass is 10.0. The number of hydrogen-bond donors (Lipinski definition) is 6. The van der Waals surface area contributed by atoms with Gasteiger partial charge in [-0.15, -0.1) is 0 Å². The van der Waals surface area contributed by atoms with Gasteiger partial charge >= 0.3 is 5.97 Å². The molecule has 0 saturated heterocycles. The van der Waals surface area contributed by atoms with Crippen LogP contribution in [0.25, 0.3) is 0 Å². The fraction of sp³-hybridized carbons (Fsp3) is 0.500. The van der Waals surface area contributed by atoms with Crippen LogP contribution in [0.1, 0.15) is 39.2 Å². The zero-order valence-electron chi connectivity index (χ0n) is 19.0. The van der Waals surface area contributed by atoms with Crippen molar-refractivity contribution in [1.29, 1.82) is 0 Å². The number of nitrogens with two attached hydrogens (primary N) is 2. The zero-order chi connectivity index (χ0) is 25.1. The Hall–Kier alpha value is -3.47. The number of nitrogens with one attached hydrogen (secondary N) is 3. The summed E-state index contributed by atoms with van der Waals surface area (Å²) in [5.74, 6) is -4.36. The zero-order valence-corrected chi connectivity index (χ0v) is 19.0. The van der Waals surface area contributed by atoms with Gasteiger partial charge in [-0.3, -0.25) is 19.2 Å². The van der Waals surface area contributed by atoms with Gasteiger partial charge in [-0.1, -0.05) is 44.2 Å². The van der Waals surface area contributed by atoms with Gasteiger partial charge in [0.1, 0.15) is 18.1 Å². The number of carboxylic acid groups (broad SMARTS) is 1. The van der Waals surface area contributed by atoms with E-state index in [4.69, 9.17) is 11.5 Å². The van der Waals surface area contributed by atoms with E-state index in [1.54, 1.807) is 44.2 Å². The van der Waals surface area contributed by atoms with Gasteiger partial charge in [0.2, 0.25) is 23.6 Å². The highest BCUT2D eigenvalue weighted by atomic mass is 16.4. The van der Waals surface area contributed by atoms with Crippen LogP contribution in [0.15, 0.2) is 30.3 Å². The molecule has 182 valence electrons. The molecule has 0 spiro atoms. The number of carbonyl (C=O) groups excluding carboxylic acids is 4. The number of amides is 4. The van der Waals surface area contributed by atoms with E-state index >= 15 is 0 Å². The van der Waals surface area contributed by atoms with Gasteiger partial charge in [-0.2, -0.15) is 0 Å². The first kappa shape index (κ1) is 27.6. The van der Waals surface area contributed by atoms with E-state index in [1.165, 1.54) is 6.92 Å². The van der Waals surface area contributed by atoms with E-state index in [9.17, 15) is 29.1 Å². The fourth-order valence-corrected chi connectivity index (χ4v) is 2.96. The normalized spacial score (nSPS) is 14.5. The minimum absolute atomic E-state index is 0.124. The maximum Gasteiger partial charge on any atom is 0.326 e. The Bertz CT molecular complexity index is 843. The number of aliphatic carboxylic acids is 1. The smallest absolute Gasteiger partial charge is 0.326 e. The molecule has 0 heterocycles. The largest absolute Gasteiger partial charge is 0.480 e. The maximum atomic E-state index is 13.0. The van der Waals surface area contributed by atoms with Crippen molar-refractivity contribution in [3.05, 3.63) is 35.9 Å². The topological polar surface area (TPSA) is 194 Å². The minimum atomic E-state index is -1.24. The van der Waals surface area contributed by atoms with Crippen molar-refractivity contribution in [2.24, 2.45) is 17.4 Å². The monoisotopic (exact) mass is 463 g/mol. The summed E-state index contributed by atoms with van der Waals surface area (Å²) in [4.78, 5) is 60.7. The number of carbonyl (C=O) groups is 5. The summed E-state index contributed by atoms with van der Waals surface area (Å²) in [6.45, 7) is 4.71. The lowest BCUT2D eigenvalue weighted by Gasteiger charge is -2.25. The van der Waals surface area contributed by atoms with Crippen molar-refractivity contribution in [3.8, 4) is 0 Å². The highest BCUT2D eigenvalue weighted by Gasteiger charge is 2.31. The van der Waals surface area contributed by atoms with Crippen molar-refractivity contribution in [1.82, 2.24) is 16.0 Å². The summed E-state index contributed by atoms with van der Waals surface area (Å²) in [5, 5.41) is 16.8. The second-order valence-electron chi connectivity index (χ2n) is 8.17. The van der Waals surface area contributed by atoms with E-state index in [0.717, 1.165) is 5.56 Å². The maximum absolute atomic E-state index is 13.0. The van der Waals surface area contributed by atoms with Crippen LogP contribution in [0.4, 0.5) is 0 Å². The van der Waals surface area contributed by atoms with Crippen LogP contribution in [-0.4, -0.2) is 58.9 Å². The summed E-state index contributed by atoms with van der Waals surface area (Å²) in [5.41, 5.74) is 11.5. The first-order chi connectivity index (χ1) is 15.4. The summed E-state index contributed by atoms with van der Waals surface area (Å²) in [6, 6.07) is 4.54. The molecule has 8 N–H and O–H groups in total. The Balaban J connectivity index is 3.08. The van der Waals surface area contributed by atoms with E-state index in [1.807, 2.05) is 0 Å². The second-order valence-corrected chi connectivity index (χ2v) is 8.17. The van der Waals surface area contributed by atoms with Crippen molar-refractivity contribution in [3.63, 3.8) is 0 Å². The van der Waals surface area contributed by atoms with Gasteiger partial charge in [0.25, 0.3) is 0 Å². The van der Waals surface area contributed by atoms with Crippen LogP contribution in [0.3, 0.4) is 0 Å². The molecule has 11 nitrogen and oxygen atoms in total. The second kappa shape index (κ2) is 13.2. The number of rotatable bonds is 13. The first-order valence-corrected chi connectivity index (χ1v) is 10.6. The molecule has 0 saturated carbocycles. The molecule has 1 aromatic carbocycles. The van der Waals surface area contributed by atoms with Crippen molar-refractivity contribution in [2.75, 3.05) is 0 Å². The number of carboxylic acids is 1. The molecule has 0 aromatic heterocycles. The predicted molar refractivity (Wildman–Crippen MR) is 120 cm³/mol. The lowest BCUT2D eigenvalue weighted by Crippen LogP contribution is -2.58. The minimum Gasteiger partial charge on any atom is -0.480 e. The van der Waals surface area contributed by atoms with Crippen molar-refractivity contribution < 1.29 is 29.1 Å². The summed E-state index contributed by atoms with van der Waals surface area (Å²) in [7, 11) is 0. The van der Waals surface area contributed by atoms with Crippen LogP contribution < -0.4 is 27.4 Å². The Morgan fingerprint density at radius 2 is 1.42 bits per heavy atom. The Labute approximate surface area is 192 Å². The molecule has 1 aromatic rings. The molecule has 0 aliphatic heterocycles. The van der Waals surface area contributed by atoms with Crippen LogP contribution in [0.5, 0.6) is 0 Å². The van der Waals surface area contributed by atoms with Gasteiger partial charge in [-0.25, -0.2) is 4.79 Å². The van der Waals surface area contributed by atoms with Crippen LogP contribution >= 0.6 is 0 Å². The molecule has 0 radical (unpaired) electrons. The van der Waals surface area contributed by atoms with E-state index < -0.39 is 59.7 Å². The SMILES string of the molecule is CC(N)C(=O)NC(Cc1ccccc1)C(=O)NC(CCC(N)=O)C(=O)NC(C(=O)O)C(C)C. The summed E-state index contributed by atoms with van der Waals surface area (Å²) < 4.78 is 0.